The number of alkyl halides is 3. The van der Waals surface area contributed by atoms with Gasteiger partial charge in [-0.1, -0.05) is 0 Å². The maximum absolute atomic E-state index is 13.3. The predicted molar refractivity (Wildman–Crippen MR) is 92.9 cm³/mol. The van der Waals surface area contributed by atoms with Crippen molar-refractivity contribution in [2.75, 3.05) is 26.8 Å². The molecule has 152 valence electrons. The summed E-state index contributed by atoms with van der Waals surface area (Å²) in [6.07, 6.45) is -2.27. The summed E-state index contributed by atoms with van der Waals surface area (Å²) in [5.41, 5.74) is -0.810. The van der Waals surface area contributed by atoms with E-state index in [2.05, 4.69) is 10.1 Å². The number of ketones is 1. The Bertz CT molecular complexity index is 886. The Labute approximate surface area is 159 Å². The molecular weight excluding hydrogens is 377 g/mol. The van der Waals surface area contributed by atoms with Gasteiger partial charge in [0.15, 0.2) is 11.4 Å². The van der Waals surface area contributed by atoms with Gasteiger partial charge in [-0.3, -0.25) is 9.59 Å². The van der Waals surface area contributed by atoms with E-state index in [4.69, 9.17) is 4.74 Å². The molecule has 7 nitrogen and oxygen atoms in total. The van der Waals surface area contributed by atoms with Crippen LogP contribution in [0.3, 0.4) is 0 Å². The van der Waals surface area contributed by atoms with E-state index >= 15 is 0 Å². The number of piperidine rings is 1. The van der Waals surface area contributed by atoms with Crippen LogP contribution in [0.5, 0.6) is 0 Å². The topological polar surface area (TPSA) is 76.8 Å². The molecule has 0 saturated carbocycles. The molecule has 0 spiro atoms. The Morgan fingerprint density at radius 1 is 1.29 bits per heavy atom. The van der Waals surface area contributed by atoms with Crippen LogP contribution in [0.25, 0.3) is 5.65 Å². The van der Waals surface area contributed by atoms with Crippen molar-refractivity contribution < 1.29 is 27.5 Å². The first-order valence-electron chi connectivity index (χ1n) is 8.96. The SMILES string of the molecule is COCCC(=O)N1CCC(C(=O)c2cnn3c(C(F)(F)F)cc(C)nc23)CC1. The number of ether oxygens (including phenoxy) is 1. The lowest BCUT2D eigenvalue weighted by Crippen LogP contribution is -2.40. The largest absolute Gasteiger partial charge is 0.433 e. The second kappa shape index (κ2) is 7.86. The summed E-state index contributed by atoms with van der Waals surface area (Å²) in [4.78, 5) is 30.7. The minimum Gasteiger partial charge on any atom is -0.384 e. The number of nitrogens with zero attached hydrogens (tertiary/aromatic N) is 4. The standard InChI is InChI=1S/C18H21F3N4O3/c1-11-9-14(18(19,20)21)25-17(23-11)13(10-22-25)16(27)12-3-6-24(7-4-12)15(26)5-8-28-2/h9-10,12H,3-8H2,1-2H3. The molecule has 1 saturated heterocycles. The zero-order valence-corrected chi connectivity index (χ0v) is 15.6. The second-order valence-electron chi connectivity index (χ2n) is 6.84. The van der Waals surface area contributed by atoms with E-state index in [0.29, 0.717) is 37.1 Å². The zero-order chi connectivity index (χ0) is 20.5. The Morgan fingerprint density at radius 2 is 1.96 bits per heavy atom. The van der Waals surface area contributed by atoms with Crippen molar-refractivity contribution >= 4 is 17.3 Å². The van der Waals surface area contributed by atoms with Gasteiger partial charge in [-0.2, -0.15) is 18.3 Å². The Morgan fingerprint density at radius 3 is 2.57 bits per heavy atom. The monoisotopic (exact) mass is 398 g/mol. The van der Waals surface area contributed by atoms with Gasteiger partial charge in [0.1, 0.15) is 5.69 Å². The zero-order valence-electron chi connectivity index (χ0n) is 15.6. The van der Waals surface area contributed by atoms with Gasteiger partial charge >= 0.3 is 6.18 Å². The fourth-order valence-electron chi connectivity index (χ4n) is 3.42. The van der Waals surface area contributed by atoms with E-state index in [1.165, 1.54) is 14.0 Å². The highest BCUT2D eigenvalue weighted by atomic mass is 19.4. The summed E-state index contributed by atoms with van der Waals surface area (Å²) in [6, 6.07) is 0.901. The number of carbonyl (C=O) groups is 2. The molecule has 0 radical (unpaired) electrons. The van der Waals surface area contributed by atoms with Crippen LogP contribution in [0.1, 0.15) is 41.0 Å². The highest BCUT2D eigenvalue weighted by Gasteiger charge is 2.36. The van der Waals surface area contributed by atoms with Gasteiger partial charge in [-0.05, 0) is 25.8 Å². The molecule has 3 rings (SSSR count). The van der Waals surface area contributed by atoms with Gasteiger partial charge < -0.3 is 9.64 Å². The number of rotatable bonds is 5. The normalized spacial score (nSPS) is 16.0. The van der Waals surface area contributed by atoms with Crippen LogP contribution < -0.4 is 0 Å². The Kier molecular flexibility index (Phi) is 5.69. The summed E-state index contributed by atoms with van der Waals surface area (Å²) in [7, 11) is 1.52. The molecule has 1 amide bonds. The third kappa shape index (κ3) is 4.01. The van der Waals surface area contributed by atoms with E-state index in [0.717, 1.165) is 12.3 Å². The van der Waals surface area contributed by atoms with Gasteiger partial charge in [0, 0.05) is 31.8 Å². The number of methoxy groups -OCH3 is 1. The number of halogens is 3. The molecule has 10 heteroatoms. The van der Waals surface area contributed by atoms with Crippen LogP contribution in [0.15, 0.2) is 12.3 Å². The van der Waals surface area contributed by atoms with Crippen molar-refractivity contribution in [3.05, 3.63) is 29.2 Å². The highest BCUT2D eigenvalue weighted by molar-refractivity contribution is 6.02. The van der Waals surface area contributed by atoms with E-state index in [1.807, 2.05) is 0 Å². The third-order valence-corrected chi connectivity index (χ3v) is 4.89. The summed E-state index contributed by atoms with van der Waals surface area (Å²) in [5, 5.41) is 3.75. The van der Waals surface area contributed by atoms with E-state index in [1.54, 1.807) is 4.90 Å². The molecular formula is C18H21F3N4O3. The molecule has 0 bridgehead atoms. The second-order valence-corrected chi connectivity index (χ2v) is 6.84. The first-order valence-corrected chi connectivity index (χ1v) is 8.96. The summed E-state index contributed by atoms with van der Waals surface area (Å²) >= 11 is 0. The fraction of sp³-hybridized carbons (Fsp3) is 0.556. The number of aryl methyl sites for hydroxylation is 1. The number of likely N-dealkylation sites (tertiary alicyclic amines) is 1. The fourth-order valence-corrected chi connectivity index (χ4v) is 3.42. The highest BCUT2D eigenvalue weighted by Crippen LogP contribution is 2.31. The van der Waals surface area contributed by atoms with E-state index in [-0.39, 0.29) is 40.9 Å². The molecule has 0 aromatic carbocycles. The Balaban J connectivity index is 1.78. The molecule has 1 fully saturated rings. The lowest BCUT2D eigenvalue weighted by atomic mass is 9.89. The van der Waals surface area contributed by atoms with E-state index in [9.17, 15) is 22.8 Å². The number of hydrogen-bond acceptors (Lipinski definition) is 5. The molecule has 0 aliphatic carbocycles. The molecule has 0 N–H and O–H groups in total. The third-order valence-electron chi connectivity index (χ3n) is 4.89. The van der Waals surface area contributed by atoms with Crippen molar-refractivity contribution in [1.29, 1.82) is 0 Å². The van der Waals surface area contributed by atoms with Crippen molar-refractivity contribution in [2.45, 2.75) is 32.4 Å². The quantitative estimate of drug-likeness (QED) is 0.724. The molecule has 1 aliphatic heterocycles. The van der Waals surface area contributed by atoms with Crippen molar-refractivity contribution in [2.24, 2.45) is 5.92 Å². The molecule has 2 aromatic rings. The molecule has 28 heavy (non-hydrogen) atoms. The first kappa shape index (κ1) is 20.2. The van der Waals surface area contributed by atoms with Crippen LogP contribution >= 0.6 is 0 Å². The van der Waals surface area contributed by atoms with Crippen molar-refractivity contribution in [1.82, 2.24) is 19.5 Å². The minimum absolute atomic E-state index is 0.0316. The number of amides is 1. The van der Waals surface area contributed by atoms with Crippen LogP contribution in [0.2, 0.25) is 0 Å². The Hall–Kier alpha value is -2.49. The van der Waals surface area contributed by atoms with Gasteiger partial charge in [-0.25, -0.2) is 9.50 Å². The maximum Gasteiger partial charge on any atom is 0.433 e. The summed E-state index contributed by atoms with van der Waals surface area (Å²) in [6.45, 7) is 2.64. The number of carbonyl (C=O) groups excluding carboxylic acids is 2. The summed E-state index contributed by atoms with van der Waals surface area (Å²) in [5.74, 6) is -0.697. The van der Waals surface area contributed by atoms with Crippen LogP contribution in [0, 0.1) is 12.8 Å². The van der Waals surface area contributed by atoms with Crippen LogP contribution in [-0.2, 0) is 15.7 Å². The molecule has 0 atom stereocenters. The number of aromatic nitrogens is 3. The number of fused-ring (bicyclic) bond motifs is 1. The maximum atomic E-state index is 13.3. The average molecular weight is 398 g/mol. The predicted octanol–water partition coefficient (Wildman–Crippen LogP) is 2.51. The number of Topliss-reactive ketones (excluding diaryl/α,β-unsaturated/α-hetero) is 1. The van der Waals surface area contributed by atoms with Gasteiger partial charge in [0.05, 0.1) is 24.8 Å². The first-order chi connectivity index (χ1) is 13.2. The summed E-state index contributed by atoms with van der Waals surface area (Å²) < 4.78 is 45.3. The number of hydrogen-bond donors (Lipinski definition) is 0. The average Bonchev–Trinajstić information content (AvgIpc) is 3.07. The van der Waals surface area contributed by atoms with Crippen molar-refractivity contribution in [3.8, 4) is 0 Å². The van der Waals surface area contributed by atoms with E-state index < -0.39 is 11.9 Å². The van der Waals surface area contributed by atoms with Gasteiger partial charge in [0.25, 0.3) is 0 Å². The van der Waals surface area contributed by atoms with Crippen LogP contribution in [0.4, 0.5) is 13.2 Å². The van der Waals surface area contributed by atoms with Crippen molar-refractivity contribution in [3.63, 3.8) is 0 Å². The lowest BCUT2D eigenvalue weighted by Gasteiger charge is -2.31. The van der Waals surface area contributed by atoms with Gasteiger partial charge in [0.2, 0.25) is 5.91 Å². The van der Waals surface area contributed by atoms with Crippen LogP contribution in [-0.4, -0.2) is 58.0 Å². The van der Waals surface area contributed by atoms with Gasteiger partial charge in [-0.15, -0.1) is 0 Å². The molecule has 1 aliphatic rings. The molecule has 2 aromatic heterocycles. The molecule has 3 heterocycles. The lowest BCUT2D eigenvalue weighted by molar-refractivity contribution is -0.142. The minimum atomic E-state index is -4.60. The smallest absolute Gasteiger partial charge is 0.384 e. The molecule has 0 unspecified atom stereocenters.